The molecular formula is C14H13ClN6O2. The Morgan fingerprint density at radius 3 is 3.13 bits per heavy atom. The highest BCUT2D eigenvalue weighted by molar-refractivity contribution is 6.34. The number of amides is 1. The molecule has 0 spiro atoms. The van der Waals surface area contributed by atoms with Gasteiger partial charge >= 0.3 is 0 Å². The van der Waals surface area contributed by atoms with Gasteiger partial charge in [-0.2, -0.15) is 9.50 Å². The smallest absolute Gasteiger partial charge is 0.273 e. The summed E-state index contributed by atoms with van der Waals surface area (Å²) < 4.78 is 7.20. The van der Waals surface area contributed by atoms with Crippen molar-refractivity contribution in [1.29, 1.82) is 0 Å². The van der Waals surface area contributed by atoms with E-state index in [1.165, 1.54) is 23.7 Å². The molecule has 1 aliphatic rings. The topological polar surface area (TPSA) is 97.2 Å². The first-order chi connectivity index (χ1) is 11.2. The third kappa shape index (κ3) is 2.72. The molecule has 0 aliphatic heterocycles. The lowest BCUT2D eigenvalue weighted by Gasteiger charge is -2.12. The Labute approximate surface area is 135 Å². The number of hydrogen-bond donors (Lipinski definition) is 2. The van der Waals surface area contributed by atoms with Crippen LogP contribution in [-0.2, 0) is 0 Å². The van der Waals surface area contributed by atoms with Crippen molar-refractivity contribution in [3.8, 4) is 5.75 Å². The van der Waals surface area contributed by atoms with Crippen LogP contribution in [0.25, 0.3) is 5.78 Å². The summed E-state index contributed by atoms with van der Waals surface area (Å²) in [6.45, 7) is 0.594. The average Bonchev–Trinajstić information content (AvgIpc) is 3.11. The molecule has 3 aromatic rings. The summed E-state index contributed by atoms with van der Waals surface area (Å²) in [6, 6.07) is 5.14. The molecule has 0 saturated heterocycles. The van der Waals surface area contributed by atoms with Crippen LogP contribution in [0.1, 0.15) is 23.2 Å². The van der Waals surface area contributed by atoms with Crippen molar-refractivity contribution in [1.82, 2.24) is 24.8 Å². The molecule has 8 nitrogen and oxygen atoms in total. The molecule has 0 unspecified atom stereocenters. The number of aromatic amines is 1. The third-order valence-electron chi connectivity index (χ3n) is 3.61. The van der Waals surface area contributed by atoms with Crippen LogP contribution in [0, 0.1) is 5.92 Å². The number of benzene rings is 1. The van der Waals surface area contributed by atoms with Crippen LogP contribution in [0.4, 0.5) is 5.95 Å². The van der Waals surface area contributed by atoms with E-state index in [0.29, 0.717) is 29.1 Å². The number of nitrogens with zero attached hydrogens (tertiary/aromatic N) is 4. The molecule has 0 radical (unpaired) electrons. The molecule has 2 heterocycles. The van der Waals surface area contributed by atoms with E-state index in [2.05, 4.69) is 25.6 Å². The molecule has 23 heavy (non-hydrogen) atoms. The maximum atomic E-state index is 12.6. The van der Waals surface area contributed by atoms with E-state index in [0.717, 1.165) is 0 Å². The van der Waals surface area contributed by atoms with Gasteiger partial charge in [0.25, 0.3) is 17.6 Å². The second-order valence-corrected chi connectivity index (χ2v) is 5.77. The Balaban J connectivity index is 1.60. The standard InChI is InChI=1S/C14H13ClN6O2/c15-9-2-1-3-10(23-6-8-4-5-8)11(9)12(22)18-14-20-19-13-16-7-17-21(13)14/h1-3,7-8H,4-6H2,(H,16,17,19)(H,18,20,22). The van der Waals surface area contributed by atoms with Crippen molar-refractivity contribution < 1.29 is 9.53 Å². The summed E-state index contributed by atoms with van der Waals surface area (Å²) in [5.74, 6) is 1.23. The molecule has 1 aliphatic carbocycles. The molecule has 1 aromatic carbocycles. The van der Waals surface area contributed by atoms with E-state index in [1.807, 2.05) is 0 Å². The van der Waals surface area contributed by atoms with Gasteiger partial charge in [-0.15, -0.1) is 10.2 Å². The molecule has 118 valence electrons. The number of carbonyl (C=O) groups is 1. The monoisotopic (exact) mass is 332 g/mol. The van der Waals surface area contributed by atoms with Crippen LogP contribution >= 0.6 is 11.6 Å². The Kier molecular flexibility index (Phi) is 3.38. The van der Waals surface area contributed by atoms with Crippen molar-refractivity contribution in [2.45, 2.75) is 12.8 Å². The number of aromatic nitrogens is 5. The SMILES string of the molecule is O=C(Nc1nnc2nc[nH]n12)c1c(Cl)cccc1OCC1CC1. The van der Waals surface area contributed by atoms with Gasteiger partial charge in [-0.05, 0) is 30.9 Å². The fraction of sp³-hybridized carbons (Fsp3) is 0.286. The summed E-state index contributed by atoms with van der Waals surface area (Å²) in [6.07, 6.45) is 3.79. The molecule has 0 bridgehead atoms. The first-order valence-corrected chi connectivity index (χ1v) is 7.57. The second kappa shape index (κ2) is 5.54. The number of nitrogens with one attached hydrogen (secondary N) is 2. The van der Waals surface area contributed by atoms with Crippen LogP contribution in [0.5, 0.6) is 5.75 Å². The number of fused-ring (bicyclic) bond motifs is 1. The van der Waals surface area contributed by atoms with E-state index in [-0.39, 0.29) is 11.5 Å². The highest BCUT2D eigenvalue weighted by Crippen LogP contribution is 2.32. The Morgan fingerprint density at radius 1 is 1.43 bits per heavy atom. The maximum absolute atomic E-state index is 12.6. The number of carbonyl (C=O) groups excluding carboxylic acids is 1. The van der Waals surface area contributed by atoms with Crippen LogP contribution in [-0.4, -0.2) is 37.3 Å². The van der Waals surface area contributed by atoms with Gasteiger partial charge < -0.3 is 4.74 Å². The number of H-pyrrole nitrogens is 1. The zero-order valence-corrected chi connectivity index (χ0v) is 12.7. The van der Waals surface area contributed by atoms with Crippen LogP contribution in [0.2, 0.25) is 5.02 Å². The minimum atomic E-state index is -0.412. The van der Waals surface area contributed by atoms with Gasteiger partial charge in [0.2, 0.25) is 0 Å². The van der Waals surface area contributed by atoms with Crippen molar-refractivity contribution >= 4 is 29.2 Å². The largest absolute Gasteiger partial charge is 0.492 e. The zero-order chi connectivity index (χ0) is 15.8. The number of halogens is 1. The fourth-order valence-electron chi connectivity index (χ4n) is 2.21. The quantitative estimate of drug-likeness (QED) is 0.746. The highest BCUT2D eigenvalue weighted by atomic mass is 35.5. The normalized spacial score (nSPS) is 14.1. The molecule has 2 aromatic heterocycles. The molecular weight excluding hydrogens is 320 g/mol. The maximum Gasteiger partial charge on any atom is 0.273 e. The van der Waals surface area contributed by atoms with Crippen LogP contribution < -0.4 is 10.1 Å². The van der Waals surface area contributed by atoms with E-state index in [4.69, 9.17) is 16.3 Å². The average molecular weight is 333 g/mol. The summed E-state index contributed by atoms with van der Waals surface area (Å²) in [4.78, 5) is 16.5. The third-order valence-corrected chi connectivity index (χ3v) is 3.93. The van der Waals surface area contributed by atoms with E-state index >= 15 is 0 Å². The summed E-state index contributed by atoms with van der Waals surface area (Å²) >= 11 is 6.19. The van der Waals surface area contributed by atoms with Gasteiger partial charge in [0.05, 0.1) is 11.6 Å². The van der Waals surface area contributed by atoms with E-state index in [1.54, 1.807) is 18.2 Å². The van der Waals surface area contributed by atoms with Gasteiger partial charge in [0.15, 0.2) is 0 Å². The summed E-state index contributed by atoms with van der Waals surface area (Å²) in [7, 11) is 0. The lowest BCUT2D eigenvalue weighted by Crippen LogP contribution is -2.17. The van der Waals surface area contributed by atoms with Crippen molar-refractivity contribution in [3.63, 3.8) is 0 Å². The first-order valence-electron chi connectivity index (χ1n) is 7.19. The second-order valence-electron chi connectivity index (χ2n) is 5.37. The minimum Gasteiger partial charge on any atom is -0.492 e. The molecule has 4 rings (SSSR count). The molecule has 0 atom stereocenters. The van der Waals surface area contributed by atoms with E-state index in [9.17, 15) is 4.79 Å². The predicted octanol–water partition coefficient (Wildman–Crippen LogP) is 2.15. The Hall–Kier alpha value is -2.61. The van der Waals surface area contributed by atoms with E-state index < -0.39 is 5.91 Å². The molecule has 1 fully saturated rings. The number of anilines is 1. The lowest BCUT2D eigenvalue weighted by molar-refractivity contribution is 0.102. The number of rotatable bonds is 5. The molecule has 2 N–H and O–H groups in total. The zero-order valence-electron chi connectivity index (χ0n) is 12.0. The van der Waals surface area contributed by atoms with Crippen molar-refractivity contribution in [2.75, 3.05) is 11.9 Å². The van der Waals surface area contributed by atoms with Crippen molar-refractivity contribution in [3.05, 3.63) is 35.1 Å². The number of ether oxygens (including phenoxy) is 1. The van der Waals surface area contributed by atoms with Gasteiger partial charge in [-0.3, -0.25) is 15.2 Å². The van der Waals surface area contributed by atoms with Crippen LogP contribution in [0.3, 0.4) is 0 Å². The molecule has 9 heteroatoms. The molecule has 1 amide bonds. The van der Waals surface area contributed by atoms with Gasteiger partial charge in [-0.25, -0.2) is 0 Å². The van der Waals surface area contributed by atoms with Crippen LogP contribution in [0.15, 0.2) is 24.5 Å². The minimum absolute atomic E-state index is 0.232. The van der Waals surface area contributed by atoms with Gasteiger partial charge in [-0.1, -0.05) is 17.7 Å². The van der Waals surface area contributed by atoms with Crippen molar-refractivity contribution in [2.24, 2.45) is 5.92 Å². The predicted molar refractivity (Wildman–Crippen MR) is 82.8 cm³/mol. The Morgan fingerprint density at radius 2 is 2.30 bits per heavy atom. The summed E-state index contributed by atoms with van der Waals surface area (Å²) in [5.41, 5.74) is 0.283. The summed E-state index contributed by atoms with van der Waals surface area (Å²) in [5, 5.41) is 13.5. The van der Waals surface area contributed by atoms with Gasteiger partial charge in [0.1, 0.15) is 17.6 Å². The Bertz CT molecular complexity index is 869. The lowest BCUT2D eigenvalue weighted by atomic mass is 10.2. The van der Waals surface area contributed by atoms with Gasteiger partial charge in [0, 0.05) is 0 Å². The number of hydrogen-bond acceptors (Lipinski definition) is 5. The first kappa shape index (κ1) is 14.0. The highest BCUT2D eigenvalue weighted by Gasteiger charge is 2.24. The fourth-order valence-corrected chi connectivity index (χ4v) is 2.46. The molecule has 1 saturated carbocycles.